The smallest absolute Gasteiger partial charge is 0.287 e. The van der Waals surface area contributed by atoms with Crippen molar-refractivity contribution in [1.29, 1.82) is 0 Å². The lowest BCUT2D eigenvalue weighted by atomic mass is 10.2. The number of carbonyl (C=O) groups excluding carboxylic acids is 1. The number of benzene rings is 1. The molecule has 1 fully saturated rings. The molecular weight excluding hydrogens is 388 g/mol. The third-order valence-corrected chi connectivity index (χ3v) is 5.76. The van der Waals surface area contributed by atoms with Gasteiger partial charge >= 0.3 is 0 Å². The van der Waals surface area contributed by atoms with Crippen LogP contribution in [0.4, 0.5) is 0 Å². The average Bonchev–Trinajstić information content (AvgIpc) is 3.45. The Morgan fingerprint density at radius 2 is 2.00 bits per heavy atom. The minimum absolute atomic E-state index is 0.00881. The first-order valence-electron chi connectivity index (χ1n) is 8.89. The molecule has 10 heteroatoms. The van der Waals surface area contributed by atoms with Gasteiger partial charge in [0.15, 0.2) is 17.3 Å². The Morgan fingerprint density at radius 3 is 2.82 bits per heavy atom. The molecular formula is C18H20N2O7S. The van der Waals surface area contributed by atoms with E-state index in [1.54, 1.807) is 18.2 Å². The van der Waals surface area contributed by atoms with Gasteiger partial charge in [0.25, 0.3) is 15.9 Å². The second-order valence-electron chi connectivity index (χ2n) is 6.48. The zero-order chi connectivity index (χ0) is 19.6. The number of nitrogens with one attached hydrogen (secondary N) is 2. The first-order chi connectivity index (χ1) is 13.5. The van der Waals surface area contributed by atoms with Crippen LogP contribution in [0.3, 0.4) is 0 Å². The molecule has 1 aromatic heterocycles. The molecule has 2 aliphatic rings. The van der Waals surface area contributed by atoms with Crippen LogP contribution in [0, 0.1) is 0 Å². The lowest BCUT2D eigenvalue weighted by molar-refractivity contribution is 0.0831. The summed E-state index contributed by atoms with van der Waals surface area (Å²) in [7, 11) is -3.91. The van der Waals surface area contributed by atoms with E-state index in [0.29, 0.717) is 30.2 Å². The molecule has 1 saturated heterocycles. The normalized spacial score (nSPS) is 18.4. The topological polar surface area (TPSA) is 116 Å². The van der Waals surface area contributed by atoms with Gasteiger partial charge in [-0.3, -0.25) is 4.79 Å². The lowest BCUT2D eigenvalue weighted by Crippen LogP contribution is -2.31. The third-order valence-electron chi connectivity index (χ3n) is 4.49. The summed E-state index contributed by atoms with van der Waals surface area (Å²) in [5, 5.41) is 2.37. The van der Waals surface area contributed by atoms with Crippen molar-refractivity contribution in [2.45, 2.75) is 30.6 Å². The Labute approximate surface area is 162 Å². The number of furan rings is 1. The van der Waals surface area contributed by atoms with Gasteiger partial charge < -0.3 is 23.9 Å². The van der Waals surface area contributed by atoms with Crippen molar-refractivity contribution in [3.05, 3.63) is 41.7 Å². The van der Waals surface area contributed by atoms with E-state index in [4.69, 9.17) is 18.6 Å². The van der Waals surface area contributed by atoms with Crippen molar-refractivity contribution in [2.75, 3.05) is 19.9 Å². The zero-order valence-corrected chi connectivity index (χ0v) is 15.8. The number of hydrogen-bond acceptors (Lipinski definition) is 7. The lowest BCUT2D eigenvalue weighted by Gasteiger charge is -2.09. The monoisotopic (exact) mass is 408 g/mol. The van der Waals surface area contributed by atoms with E-state index in [1.807, 2.05) is 0 Å². The van der Waals surface area contributed by atoms with Gasteiger partial charge in [0.05, 0.1) is 6.10 Å². The SMILES string of the molecule is O=C(NC[C@@H]1CCCO1)c1ccc(S(=O)(=O)NCc2ccc3c(c2)OCO3)o1. The molecule has 1 atom stereocenters. The van der Waals surface area contributed by atoms with Gasteiger partial charge in [-0.1, -0.05) is 6.07 Å². The van der Waals surface area contributed by atoms with Crippen LogP contribution in [0.5, 0.6) is 11.5 Å². The van der Waals surface area contributed by atoms with E-state index in [2.05, 4.69) is 10.0 Å². The molecule has 9 nitrogen and oxygen atoms in total. The standard InChI is InChI=1S/C18H20N2O7S/c21-18(19-10-13-2-1-7-24-13)15-5-6-17(27-15)28(22,23)20-9-12-3-4-14-16(8-12)26-11-25-14/h3-6,8,13,20H,1-2,7,9-11H2,(H,19,21)/t13-/m0/s1. The highest BCUT2D eigenvalue weighted by Crippen LogP contribution is 2.32. The van der Waals surface area contributed by atoms with Crippen LogP contribution >= 0.6 is 0 Å². The van der Waals surface area contributed by atoms with Gasteiger partial charge in [-0.15, -0.1) is 0 Å². The summed E-state index contributed by atoms with van der Waals surface area (Å²) in [5.41, 5.74) is 0.703. The Bertz CT molecular complexity index is 964. The summed E-state index contributed by atoms with van der Waals surface area (Å²) in [4.78, 5) is 12.1. The van der Waals surface area contributed by atoms with Gasteiger partial charge in [0, 0.05) is 19.7 Å². The maximum atomic E-state index is 12.4. The van der Waals surface area contributed by atoms with Gasteiger partial charge in [-0.05, 0) is 42.7 Å². The highest BCUT2D eigenvalue weighted by molar-refractivity contribution is 7.89. The first-order valence-corrected chi connectivity index (χ1v) is 10.4. The number of ether oxygens (including phenoxy) is 3. The predicted octanol–water partition coefficient (Wildman–Crippen LogP) is 1.40. The fraction of sp³-hybridized carbons (Fsp3) is 0.389. The Balaban J connectivity index is 1.35. The Hall–Kier alpha value is -2.56. The van der Waals surface area contributed by atoms with Crippen molar-refractivity contribution in [3.63, 3.8) is 0 Å². The van der Waals surface area contributed by atoms with E-state index in [0.717, 1.165) is 12.8 Å². The zero-order valence-electron chi connectivity index (χ0n) is 15.0. The Morgan fingerprint density at radius 1 is 1.14 bits per heavy atom. The van der Waals surface area contributed by atoms with E-state index < -0.39 is 15.9 Å². The Kier molecular flexibility index (Phi) is 5.25. The molecule has 0 unspecified atom stereocenters. The van der Waals surface area contributed by atoms with E-state index >= 15 is 0 Å². The molecule has 1 aromatic carbocycles. The van der Waals surface area contributed by atoms with Crippen molar-refractivity contribution in [2.24, 2.45) is 0 Å². The molecule has 0 radical (unpaired) electrons. The molecule has 0 saturated carbocycles. The molecule has 0 spiro atoms. The number of rotatable bonds is 7. The molecule has 1 amide bonds. The van der Waals surface area contributed by atoms with Crippen LogP contribution in [0.2, 0.25) is 0 Å². The average molecular weight is 408 g/mol. The van der Waals surface area contributed by atoms with Crippen LogP contribution in [0.15, 0.2) is 39.8 Å². The summed E-state index contributed by atoms with van der Waals surface area (Å²) in [6.07, 6.45) is 1.85. The molecule has 0 aliphatic carbocycles. The summed E-state index contributed by atoms with van der Waals surface area (Å²) >= 11 is 0. The minimum Gasteiger partial charge on any atom is -0.454 e. The van der Waals surface area contributed by atoms with Crippen molar-refractivity contribution in [1.82, 2.24) is 10.0 Å². The minimum atomic E-state index is -3.91. The summed E-state index contributed by atoms with van der Waals surface area (Å²) < 4.78 is 48.5. The maximum Gasteiger partial charge on any atom is 0.287 e. The van der Waals surface area contributed by atoms with Crippen molar-refractivity contribution < 1.29 is 31.8 Å². The van der Waals surface area contributed by atoms with Crippen LogP contribution in [0.1, 0.15) is 29.0 Å². The number of carbonyl (C=O) groups is 1. The second kappa shape index (κ2) is 7.82. The van der Waals surface area contributed by atoms with E-state index in [1.165, 1.54) is 12.1 Å². The van der Waals surface area contributed by atoms with Crippen molar-refractivity contribution in [3.8, 4) is 11.5 Å². The van der Waals surface area contributed by atoms with E-state index in [9.17, 15) is 13.2 Å². The highest BCUT2D eigenvalue weighted by atomic mass is 32.2. The van der Waals surface area contributed by atoms with Gasteiger partial charge in [0.2, 0.25) is 11.9 Å². The highest BCUT2D eigenvalue weighted by Gasteiger charge is 2.23. The van der Waals surface area contributed by atoms with Crippen LogP contribution in [0.25, 0.3) is 0 Å². The number of fused-ring (bicyclic) bond motifs is 1. The fourth-order valence-electron chi connectivity index (χ4n) is 2.99. The quantitative estimate of drug-likeness (QED) is 0.711. The van der Waals surface area contributed by atoms with Crippen LogP contribution in [-0.4, -0.2) is 40.4 Å². The molecule has 0 bridgehead atoms. The maximum absolute atomic E-state index is 12.4. The summed E-state index contributed by atoms with van der Waals surface area (Å²) in [6.45, 7) is 1.25. The largest absolute Gasteiger partial charge is 0.454 e. The second-order valence-corrected chi connectivity index (χ2v) is 8.17. The van der Waals surface area contributed by atoms with Gasteiger partial charge in [-0.25, -0.2) is 13.1 Å². The summed E-state index contributed by atoms with van der Waals surface area (Å²) in [6, 6.07) is 7.75. The van der Waals surface area contributed by atoms with Crippen LogP contribution in [-0.2, 0) is 21.3 Å². The van der Waals surface area contributed by atoms with E-state index in [-0.39, 0.29) is 30.3 Å². The summed E-state index contributed by atoms with van der Waals surface area (Å²) in [5.74, 6) is 0.644. The van der Waals surface area contributed by atoms with Gasteiger partial charge in [-0.2, -0.15) is 0 Å². The fourth-order valence-corrected chi connectivity index (χ4v) is 3.93. The molecule has 2 N–H and O–H groups in total. The molecule has 28 heavy (non-hydrogen) atoms. The van der Waals surface area contributed by atoms with Gasteiger partial charge in [0.1, 0.15) is 0 Å². The van der Waals surface area contributed by atoms with Crippen molar-refractivity contribution >= 4 is 15.9 Å². The molecule has 2 aliphatic heterocycles. The predicted molar refractivity (Wildman–Crippen MR) is 96.6 cm³/mol. The number of amides is 1. The molecule has 150 valence electrons. The third kappa shape index (κ3) is 4.13. The molecule has 3 heterocycles. The number of sulfonamides is 1. The molecule has 2 aromatic rings. The van der Waals surface area contributed by atoms with Crippen LogP contribution < -0.4 is 19.5 Å². The number of hydrogen-bond donors (Lipinski definition) is 2. The molecule has 4 rings (SSSR count). The first kappa shape index (κ1) is 18.8.